The number of aromatic nitrogens is 5. The molecule has 2 bridgehead atoms. The van der Waals surface area contributed by atoms with Gasteiger partial charge in [-0.2, -0.15) is 5.10 Å². The molecule has 0 aliphatic carbocycles. The van der Waals surface area contributed by atoms with Crippen molar-refractivity contribution < 1.29 is 4.79 Å². The molecule has 4 aromatic rings. The number of H-pyrrole nitrogens is 1. The average Bonchev–Trinajstić information content (AvgIpc) is 3.58. The Bertz CT molecular complexity index is 1630. The minimum Gasteiger partial charge on any atom is -0.353 e. The van der Waals surface area contributed by atoms with E-state index < -0.39 is 0 Å². The maximum absolute atomic E-state index is 13.3. The van der Waals surface area contributed by atoms with Crippen molar-refractivity contribution in [3.8, 4) is 11.3 Å². The SMILES string of the molecule is Cc1c(-c2[nH]c3ccc(N4[C@@H]5C[C@H](C)[C@H]4CN(C(=O)CN(C)C(C)(C)C)C5)nc3c2C(C)C)cn2ncnc2c1C. The molecule has 41 heavy (non-hydrogen) atoms. The number of nitrogens with zero attached hydrogens (tertiary/aromatic N) is 7. The normalized spacial score (nSPS) is 21.3. The summed E-state index contributed by atoms with van der Waals surface area (Å²) in [6, 6.07) is 4.89. The Balaban J connectivity index is 1.35. The first-order valence-corrected chi connectivity index (χ1v) is 14.9. The first-order chi connectivity index (χ1) is 19.3. The van der Waals surface area contributed by atoms with E-state index in [-0.39, 0.29) is 29.4 Å². The zero-order valence-electron chi connectivity index (χ0n) is 26.0. The topological polar surface area (TPSA) is 85.7 Å². The Labute approximate surface area is 242 Å². The van der Waals surface area contributed by atoms with Crippen molar-refractivity contribution in [2.45, 2.75) is 85.4 Å². The van der Waals surface area contributed by atoms with Gasteiger partial charge in [-0.05, 0) is 83.2 Å². The van der Waals surface area contributed by atoms with Crippen molar-refractivity contribution >= 4 is 28.4 Å². The van der Waals surface area contributed by atoms with Gasteiger partial charge in [0.15, 0.2) is 5.65 Å². The first-order valence-electron chi connectivity index (χ1n) is 14.9. The number of likely N-dealkylation sites (tertiary alicyclic amines) is 1. The number of hydrogen-bond acceptors (Lipinski definition) is 6. The maximum atomic E-state index is 13.3. The van der Waals surface area contributed by atoms with Crippen LogP contribution in [0, 0.1) is 19.8 Å². The number of aryl methyl sites for hydroxylation is 1. The Kier molecular flexibility index (Phi) is 6.64. The zero-order valence-corrected chi connectivity index (χ0v) is 26.0. The fourth-order valence-corrected chi connectivity index (χ4v) is 6.78. The van der Waals surface area contributed by atoms with Crippen molar-refractivity contribution in [1.82, 2.24) is 34.4 Å². The van der Waals surface area contributed by atoms with Gasteiger partial charge in [-0.1, -0.05) is 20.8 Å². The molecule has 0 unspecified atom stereocenters. The number of nitrogens with one attached hydrogen (secondary N) is 1. The number of aromatic amines is 1. The van der Waals surface area contributed by atoms with Crippen LogP contribution < -0.4 is 4.90 Å². The van der Waals surface area contributed by atoms with E-state index in [9.17, 15) is 4.79 Å². The Morgan fingerprint density at radius 1 is 1.17 bits per heavy atom. The lowest BCUT2D eigenvalue weighted by atomic mass is 9.95. The number of hydrogen-bond donors (Lipinski definition) is 1. The molecule has 2 fully saturated rings. The molecule has 6 rings (SSSR count). The van der Waals surface area contributed by atoms with Gasteiger partial charge >= 0.3 is 0 Å². The third kappa shape index (κ3) is 4.58. The van der Waals surface area contributed by atoms with Crippen LogP contribution in [0.3, 0.4) is 0 Å². The van der Waals surface area contributed by atoms with E-state index in [0.29, 0.717) is 12.5 Å². The molecule has 1 N–H and O–H groups in total. The fourth-order valence-electron chi connectivity index (χ4n) is 6.78. The molecular formula is C32H44N8O. The van der Waals surface area contributed by atoms with Gasteiger partial charge in [0.2, 0.25) is 5.91 Å². The van der Waals surface area contributed by atoms with Gasteiger partial charge in [0.05, 0.1) is 29.3 Å². The molecule has 218 valence electrons. The summed E-state index contributed by atoms with van der Waals surface area (Å²) in [7, 11) is 2.04. The number of piperazine rings is 1. The lowest BCUT2D eigenvalue weighted by molar-refractivity contribution is -0.134. The van der Waals surface area contributed by atoms with Crippen molar-refractivity contribution in [3.63, 3.8) is 0 Å². The Hall–Kier alpha value is -3.46. The van der Waals surface area contributed by atoms with Gasteiger partial charge in [0.25, 0.3) is 0 Å². The Morgan fingerprint density at radius 3 is 2.61 bits per heavy atom. The second kappa shape index (κ2) is 9.82. The fraction of sp³-hybridized carbons (Fsp3) is 0.562. The number of carbonyl (C=O) groups is 1. The number of amides is 1. The highest BCUT2D eigenvalue weighted by Gasteiger charge is 2.46. The van der Waals surface area contributed by atoms with Crippen LogP contribution in [0.25, 0.3) is 27.9 Å². The summed E-state index contributed by atoms with van der Waals surface area (Å²) in [6.07, 6.45) is 4.77. The summed E-state index contributed by atoms with van der Waals surface area (Å²) in [5.41, 5.74) is 8.72. The summed E-state index contributed by atoms with van der Waals surface area (Å²) < 4.78 is 1.87. The number of fused-ring (bicyclic) bond motifs is 4. The third-order valence-corrected chi connectivity index (χ3v) is 9.66. The van der Waals surface area contributed by atoms with Crippen LogP contribution >= 0.6 is 0 Å². The summed E-state index contributed by atoms with van der Waals surface area (Å²) >= 11 is 0. The van der Waals surface area contributed by atoms with E-state index in [0.717, 1.165) is 58.8 Å². The van der Waals surface area contributed by atoms with Gasteiger partial charge in [0.1, 0.15) is 12.1 Å². The highest BCUT2D eigenvalue weighted by atomic mass is 16.2. The van der Waals surface area contributed by atoms with Crippen LogP contribution in [0.15, 0.2) is 24.7 Å². The van der Waals surface area contributed by atoms with Gasteiger partial charge in [-0.3, -0.25) is 9.69 Å². The number of pyridine rings is 2. The summed E-state index contributed by atoms with van der Waals surface area (Å²) in [4.78, 5) is 33.6. The van der Waals surface area contributed by atoms with E-state index in [1.165, 1.54) is 11.1 Å². The largest absolute Gasteiger partial charge is 0.353 e. The minimum atomic E-state index is -0.0368. The van der Waals surface area contributed by atoms with E-state index in [1.54, 1.807) is 6.33 Å². The molecule has 0 saturated carbocycles. The van der Waals surface area contributed by atoms with Crippen LogP contribution in [0.2, 0.25) is 0 Å². The number of likely N-dealkylation sites (N-methyl/N-ethyl adjacent to an activating group) is 1. The van der Waals surface area contributed by atoms with E-state index in [2.05, 4.69) is 103 Å². The number of carbonyl (C=O) groups excluding carboxylic acids is 1. The smallest absolute Gasteiger partial charge is 0.236 e. The molecule has 9 nitrogen and oxygen atoms in total. The summed E-state index contributed by atoms with van der Waals surface area (Å²) in [5.74, 6) is 2.02. The number of rotatable bonds is 5. The predicted molar refractivity (Wildman–Crippen MR) is 164 cm³/mol. The second-order valence-corrected chi connectivity index (χ2v) is 13.6. The second-order valence-electron chi connectivity index (χ2n) is 13.6. The quantitative estimate of drug-likeness (QED) is 0.365. The molecule has 3 atom stereocenters. The minimum absolute atomic E-state index is 0.0368. The van der Waals surface area contributed by atoms with Crippen molar-refractivity contribution in [1.29, 1.82) is 0 Å². The molecule has 2 aliphatic heterocycles. The van der Waals surface area contributed by atoms with Gasteiger partial charge in [-0.25, -0.2) is 14.5 Å². The van der Waals surface area contributed by atoms with Gasteiger partial charge < -0.3 is 14.8 Å². The van der Waals surface area contributed by atoms with Crippen LogP contribution in [-0.4, -0.2) is 84.6 Å². The zero-order chi connectivity index (χ0) is 29.4. The van der Waals surface area contributed by atoms with E-state index in [1.807, 2.05) is 11.6 Å². The van der Waals surface area contributed by atoms with Crippen LogP contribution in [0.4, 0.5) is 5.82 Å². The predicted octanol–water partition coefficient (Wildman–Crippen LogP) is 5.17. The molecule has 0 radical (unpaired) electrons. The van der Waals surface area contributed by atoms with Gasteiger partial charge in [-0.15, -0.1) is 0 Å². The molecule has 6 heterocycles. The van der Waals surface area contributed by atoms with Crippen LogP contribution in [0.5, 0.6) is 0 Å². The highest BCUT2D eigenvalue weighted by Crippen LogP contribution is 2.41. The maximum Gasteiger partial charge on any atom is 0.236 e. The van der Waals surface area contributed by atoms with Gasteiger partial charge in [0, 0.05) is 42.0 Å². The Morgan fingerprint density at radius 2 is 1.93 bits per heavy atom. The standard InChI is InChI=1S/C32H44N8O/c1-18(2)28-29(23-14-39-31(33-17-34-39)21(5)20(23)4)35-24-10-11-26(36-30(24)28)40-22-12-19(3)25(40)15-38(13-22)27(41)16-37(9)32(6,7)8/h10-11,14,17-19,22,25,35H,12-13,15-16H2,1-9H3/t19-,22+,25+/m0/s1. The summed E-state index contributed by atoms with van der Waals surface area (Å²) in [5, 5.41) is 4.43. The molecule has 0 spiro atoms. The third-order valence-electron chi connectivity index (χ3n) is 9.66. The van der Waals surface area contributed by atoms with E-state index in [4.69, 9.17) is 4.98 Å². The van der Waals surface area contributed by atoms with Crippen molar-refractivity contribution in [2.75, 3.05) is 31.6 Å². The molecule has 2 saturated heterocycles. The first kappa shape index (κ1) is 27.7. The van der Waals surface area contributed by atoms with Crippen LogP contribution in [0.1, 0.15) is 70.6 Å². The molecule has 9 heteroatoms. The lowest BCUT2D eigenvalue weighted by Gasteiger charge is -2.43. The van der Waals surface area contributed by atoms with E-state index >= 15 is 0 Å². The van der Waals surface area contributed by atoms with Crippen molar-refractivity contribution in [2.24, 2.45) is 5.92 Å². The summed E-state index contributed by atoms with van der Waals surface area (Å²) in [6.45, 7) is 19.5. The molecule has 0 aromatic carbocycles. The highest BCUT2D eigenvalue weighted by molar-refractivity contribution is 5.90. The lowest BCUT2D eigenvalue weighted by Crippen LogP contribution is -2.58. The molecular weight excluding hydrogens is 512 g/mol. The molecule has 2 aliphatic rings. The number of anilines is 1. The molecule has 1 amide bonds. The monoisotopic (exact) mass is 556 g/mol. The molecule has 4 aromatic heterocycles. The average molecular weight is 557 g/mol. The van der Waals surface area contributed by atoms with Crippen LogP contribution in [-0.2, 0) is 4.79 Å². The van der Waals surface area contributed by atoms with Crippen molar-refractivity contribution in [3.05, 3.63) is 41.3 Å².